The van der Waals surface area contributed by atoms with Crippen LogP contribution >= 0.6 is 34.5 Å². The van der Waals surface area contributed by atoms with E-state index >= 15 is 0 Å². The van der Waals surface area contributed by atoms with Crippen LogP contribution < -0.4 is 10.5 Å². The fourth-order valence-electron chi connectivity index (χ4n) is 3.96. The summed E-state index contributed by atoms with van der Waals surface area (Å²) in [5, 5.41) is 1.42. The van der Waals surface area contributed by atoms with Crippen molar-refractivity contribution in [2.45, 2.75) is 52.5 Å². The normalized spacial score (nSPS) is 13.9. The van der Waals surface area contributed by atoms with Gasteiger partial charge in [0.25, 0.3) is 11.5 Å². The highest BCUT2D eigenvalue weighted by Gasteiger charge is 2.26. The molecule has 3 heterocycles. The Labute approximate surface area is 189 Å². The van der Waals surface area contributed by atoms with Crippen molar-refractivity contribution in [1.29, 1.82) is 0 Å². The summed E-state index contributed by atoms with van der Waals surface area (Å²) < 4.78 is 1.80. The van der Waals surface area contributed by atoms with Crippen LogP contribution in [-0.2, 0) is 13.0 Å². The van der Waals surface area contributed by atoms with E-state index in [1.54, 1.807) is 27.7 Å². The van der Waals surface area contributed by atoms with Gasteiger partial charge in [0, 0.05) is 25.2 Å². The Bertz CT molecular complexity index is 1190. The number of benzene rings is 1. The SMILES string of the molecule is CCCN(C(=O)c1sc2nc3n(c(=O)c2c1C)CCCCC3)c1ccc(Cl)c(Cl)c1. The quantitative estimate of drug-likeness (QED) is 0.486. The molecule has 0 spiro atoms. The van der Waals surface area contributed by atoms with Crippen LogP contribution in [0, 0.1) is 6.92 Å². The van der Waals surface area contributed by atoms with Crippen LogP contribution in [0.4, 0.5) is 5.69 Å². The van der Waals surface area contributed by atoms with E-state index < -0.39 is 0 Å². The number of carbonyl (C=O) groups excluding carboxylic acids is 1. The zero-order valence-corrected chi connectivity index (χ0v) is 19.3. The number of amides is 1. The molecule has 0 saturated heterocycles. The molecule has 0 aliphatic carbocycles. The maximum atomic E-state index is 13.5. The molecule has 158 valence electrons. The van der Waals surface area contributed by atoms with Gasteiger partial charge in [-0.3, -0.25) is 14.2 Å². The fraction of sp³-hybridized carbons (Fsp3) is 0.409. The third-order valence-corrected chi connectivity index (χ3v) is 7.43. The highest BCUT2D eigenvalue weighted by molar-refractivity contribution is 7.20. The van der Waals surface area contributed by atoms with E-state index in [2.05, 4.69) is 0 Å². The van der Waals surface area contributed by atoms with Gasteiger partial charge in [0.2, 0.25) is 0 Å². The molecule has 2 aromatic heterocycles. The van der Waals surface area contributed by atoms with E-state index in [0.29, 0.717) is 49.5 Å². The standard InChI is InChI=1S/C22H23Cl2N3O2S/c1-3-10-26(14-8-9-15(23)16(24)12-14)22(29)19-13(2)18-20(30-19)25-17-7-5-4-6-11-27(17)21(18)28/h8-9,12H,3-7,10-11H2,1-2H3. The molecule has 0 radical (unpaired) electrons. The average Bonchev–Trinajstić information content (AvgIpc) is 2.89. The second kappa shape index (κ2) is 8.69. The monoisotopic (exact) mass is 463 g/mol. The minimum atomic E-state index is -0.143. The fourth-order valence-corrected chi connectivity index (χ4v) is 5.39. The zero-order valence-electron chi connectivity index (χ0n) is 17.0. The van der Waals surface area contributed by atoms with Crippen LogP contribution in [0.3, 0.4) is 0 Å². The van der Waals surface area contributed by atoms with Gasteiger partial charge >= 0.3 is 0 Å². The number of hydrogen-bond donors (Lipinski definition) is 0. The van der Waals surface area contributed by atoms with E-state index in [1.807, 2.05) is 13.8 Å². The molecule has 3 aromatic rings. The predicted molar refractivity (Wildman–Crippen MR) is 125 cm³/mol. The molecule has 1 amide bonds. The Morgan fingerprint density at radius 2 is 2.03 bits per heavy atom. The van der Waals surface area contributed by atoms with Crippen LogP contribution in [0.15, 0.2) is 23.0 Å². The number of aromatic nitrogens is 2. The molecular formula is C22H23Cl2N3O2S. The predicted octanol–water partition coefficient (Wildman–Crippen LogP) is 5.86. The van der Waals surface area contributed by atoms with Gasteiger partial charge in [-0.05, 0) is 49.9 Å². The van der Waals surface area contributed by atoms with Crippen molar-refractivity contribution in [3.8, 4) is 0 Å². The maximum absolute atomic E-state index is 13.5. The Balaban J connectivity index is 1.82. The van der Waals surface area contributed by atoms with Gasteiger partial charge in [-0.1, -0.05) is 36.5 Å². The van der Waals surface area contributed by atoms with Gasteiger partial charge in [-0.15, -0.1) is 11.3 Å². The highest BCUT2D eigenvalue weighted by atomic mass is 35.5. The molecule has 0 unspecified atom stereocenters. The molecule has 1 aliphatic heterocycles. The van der Waals surface area contributed by atoms with E-state index in [0.717, 1.165) is 37.9 Å². The van der Waals surface area contributed by atoms with Gasteiger partial charge in [0.05, 0.1) is 20.3 Å². The lowest BCUT2D eigenvalue weighted by molar-refractivity contribution is 0.0990. The van der Waals surface area contributed by atoms with Gasteiger partial charge in [0.1, 0.15) is 10.7 Å². The molecule has 30 heavy (non-hydrogen) atoms. The Morgan fingerprint density at radius 1 is 1.23 bits per heavy atom. The van der Waals surface area contributed by atoms with Crippen molar-refractivity contribution >= 4 is 56.3 Å². The molecule has 0 saturated carbocycles. The summed E-state index contributed by atoms with van der Waals surface area (Å²) >= 11 is 13.5. The number of anilines is 1. The van der Waals surface area contributed by atoms with Gasteiger partial charge < -0.3 is 4.90 Å². The van der Waals surface area contributed by atoms with E-state index in [4.69, 9.17) is 28.2 Å². The van der Waals surface area contributed by atoms with E-state index in [-0.39, 0.29) is 11.5 Å². The summed E-state index contributed by atoms with van der Waals surface area (Å²) in [6.45, 7) is 5.09. The number of fused-ring (bicyclic) bond motifs is 2. The number of thiophene rings is 1. The van der Waals surface area contributed by atoms with Crippen molar-refractivity contribution in [2.75, 3.05) is 11.4 Å². The van der Waals surface area contributed by atoms with Crippen LogP contribution in [0.1, 0.15) is 53.7 Å². The highest BCUT2D eigenvalue weighted by Crippen LogP contribution is 2.33. The van der Waals surface area contributed by atoms with Gasteiger partial charge in [-0.2, -0.15) is 0 Å². The molecule has 0 fully saturated rings. The summed E-state index contributed by atoms with van der Waals surface area (Å²) in [7, 11) is 0. The molecule has 1 aliphatic rings. The first-order valence-corrected chi connectivity index (χ1v) is 11.8. The lowest BCUT2D eigenvalue weighted by Crippen LogP contribution is -2.31. The second-order valence-corrected chi connectivity index (χ2v) is 9.40. The van der Waals surface area contributed by atoms with Gasteiger partial charge in [-0.25, -0.2) is 4.98 Å². The first-order chi connectivity index (χ1) is 14.4. The average molecular weight is 464 g/mol. The van der Waals surface area contributed by atoms with Crippen LogP contribution in [0.5, 0.6) is 0 Å². The number of hydrogen-bond acceptors (Lipinski definition) is 4. The molecular weight excluding hydrogens is 441 g/mol. The van der Waals surface area contributed by atoms with Crippen molar-refractivity contribution in [2.24, 2.45) is 0 Å². The molecule has 1 aromatic carbocycles. The first kappa shape index (κ1) is 21.3. The molecule has 8 heteroatoms. The maximum Gasteiger partial charge on any atom is 0.268 e. The summed E-state index contributed by atoms with van der Waals surface area (Å²) in [4.78, 5) is 34.4. The molecule has 5 nitrogen and oxygen atoms in total. The third kappa shape index (κ3) is 3.77. The van der Waals surface area contributed by atoms with Crippen LogP contribution in [0.2, 0.25) is 10.0 Å². The summed E-state index contributed by atoms with van der Waals surface area (Å²) in [5.41, 5.74) is 1.37. The molecule has 0 N–H and O–H groups in total. The van der Waals surface area contributed by atoms with E-state index in [1.165, 1.54) is 11.3 Å². The smallest absolute Gasteiger partial charge is 0.268 e. The molecule has 4 rings (SSSR count). The number of halogens is 2. The summed E-state index contributed by atoms with van der Waals surface area (Å²) in [5.74, 6) is 0.690. The lowest BCUT2D eigenvalue weighted by Gasteiger charge is -2.22. The summed E-state index contributed by atoms with van der Waals surface area (Å²) in [6.07, 6.45) is 4.71. The Kier molecular flexibility index (Phi) is 6.19. The third-order valence-electron chi connectivity index (χ3n) is 5.51. The number of carbonyl (C=O) groups is 1. The topological polar surface area (TPSA) is 55.2 Å². The van der Waals surface area contributed by atoms with Crippen molar-refractivity contribution in [3.05, 3.63) is 54.9 Å². The number of aryl methyl sites for hydroxylation is 2. The Morgan fingerprint density at radius 3 is 2.77 bits per heavy atom. The van der Waals surface area contributed by atoms with Crippen molar-refractivity contribution < 1.29 is 4.79 Å². The lowest BCUT2D eigenvalue weighted by atomic mass is 10.1. The first-order valence-electron chi connectivity index (χ1n) is 10.2. The minimum absolute atomic E-state index is 0.0266. The molecule has 0 atom stereocenters. The van der Waals surface area contributed by atoms with Gasteiger partial charge in [0.15, 0.2) is 0 Å². The zero-order chi connectivity index (χ0) is 21.4. The van der Waals surface area contributed by atoms with Crippen molar-refractivity contribution in [1.82, 2.24) is 9.55 Å². The van der Waals surface area contributed by atoms with E-state index in [9.17, 15) is 9.59 Å². The second-order valence-electron chi connectivity index (χ2n) is 7.59. The number of nitrogens with zero attached hydrogens (tertiary/aromatic N) is 3. The largest absolute Gasteiger partial charge is 0.308 e. The minimum Gasteiger partial charge on any atom is -0.308 e. The van der Waals surface area contributed by atoms with Crippen molar-refractivity contribution in [3.63, 3.8) is 0 Å². The summed E-state index contributed by atoms with van der Waals surface area (Å²) in [6, 6.07) is 5.19. The van der Waals surface area contributed by atoms with Crippen LogP contribution in [0.25, 0.3) is 10.2 Å². The Hall–Kier alpha value is -1.89. The van der Waals surface area contributed by atoms with Crippen LogP contribution in [-0.4, -0.2) is 22.0 Å². The number of rotatable bonds is 4. The molecule has 0 bridgehead atoms.